The number of hydrogen-bond acceptors (Lipinski definition) is 7. The number of thioether (sulfide) groups is 1. The minimum absolute atomic E-state index is 0.159. The Hall–Kier alpha value is -2.67. The quantitative estimate of drug-likeness (QED) is 0.663. The molecule has 0 aliphatic carbocycles. The molecule has 1 aromatic carbocycles. The fourth-order valence-electron chi connectivity index (χ4n) is 1.76. The van der Waals surface area contributed by atoms with Crippen LogP contribution in [0.15, 0.2) is 58.4 Å². The lowest BCUT2D eigenvalue weighted by Crippen LogP contribution is -2.21. The largest absolute Gasteiger partial charge is 0.545 e. The number of carboxylic acid groups (broad SMARTS) is 1. The molecule has 0 amide bonds. The van der Waals surface area contributed by atoms with Crippen molar-refractivity contribution in [1.29, 1.82) is 0 Å². The molecule has 6 nitrogen and oxygen atoms in total. The molecule has 0 unspecified atom stereocenters. The number of pyridine rings is 1. The summed E-state index contributed by atoms with van der Waals surface area (Å²) < 4.78 is 5.56. The highest BCUT2D eigenvalue weighted by atomic mass is 32.2. The van der Waals surface area contributed by atoms with E-state index in [2.05, 4.69) is 15.2 Å². The second-order valence-electron chi connectivity index (χ2n) is 4.38. The number of carboxylic acids is 1. The molecular formula is C15H10N3O3S-. The molecule has 0 aliphatic heterocycles. The summed E-state index contributed by atoms with van der Waals surface area (Å²) in [5.74, 6) is -0.138. The predicted molar refractivity (Wildman–Crippen MR) is 77.9 cm³/mol. The van der Waals surface area contributed by atoms with Crippen LogP contribution in [0.2, 0.25) is 0 Å². The smallest absolute Gasteiger partial charge is 0.277 e. The van der Waals surface area contributed by atoms with Crippen molar-refractivity contribution in [1.82, 2.24) is 15.2 Å². The summed E-state index contributed by atoms with van der Waals surface area (Å²) >= 11 is 1.38. The fourth-order valence-corrected chi connectivity index (χ4v) is 2.48. The third-order valence-corrected chi connectivity index (χ3v) is 3.78. The number of aromatic nitrogens is 3. The SMILES string of the molecule is O=C([O-])c1ccc(CSc2nnc(-c3ccncc3)o2)cc1. The molecule has 0 radical (unpaired) electrons. The van der Waals surface area contributed by atoms with Crippen LogP contribution in [0, 0.1) is 0 Å². The van der Waals surface area contributed by atoms with Gasteiger partial charge in [-0.25, -0.2) is 0 Å². The van der Waals surface area contributed by atoms with Crippen molar-refractivity contribution in [2.45, 2.75) is 11.0 Å². The van der Waals surface area contributed by atoms with Gasteiger partial charge in [-0.15, -0.1) is 10.2 Å². The maximum Gasteiger partial charge on any atom is 0.277 e. The molecule has 2 heterocycles. The molecule has 110 valence electrons. The first kappa shape index (κ1) is 14.3. The third-order valence-electron chi connectivity index (χ3n) is 2.89. The van der Waals surface area contributed by atoms with Gasteiger partial charge in [-0.3, -0.25) is 4.98 Å². The lowest BCUT2D eigenvalue weighted by atomic mass is 10.1. The first-order valence-corrected chi connectivity index (χ1v) is 7.38. The minimum atomic E-state index is -1.18. The Morgan fingerprint density at radius 2 is 1.82 bits per heavy atom. The van der Waals surface area contributed by atoms with E-state index >= 15 is 0 Å². The van der Waals surface area contributed by atoms with Crippen molar-refractivity contribution in [3.05, 3.63) is 59.9 Å². The van der Waals surface area contributed by atoms with Crippen LogP contribution < -0.4 is 5.11 Å². The number of benzene rings is 1. The molecule has 0 fully saturated rings. The molecule has 0 aliphatic rings. The van der Waals surface area contributed by atoms with Crippen LogP contribution >= 0.6 is 11.8 Å². The summed E-state index contributed by atoms with van der Waals surface area (Å²) in [5, 5.41) is 19.1. The molecule has 0 N–H and O–H groups in total. The minimum Gasteiger partial charge on any atom is -0.545 e. The van der Waals surface area contributed by atoms with Gasteiger partial charge in [0.2, 0.25) is 5.89 Å². The van der Waals surface area contributed by atoms with Gasteiger partial charge in [0.05, 0.1) is 5.97 Å². The Balaban J connectivity index is 1.65. The monoisotopic (exact) mass is 312 g/mol. The number of carbonyl (C=O) groups excluding carboxylic acids is 1. The van der Waals surface area contributed by atoms with E-state index in [9.17, 15) is 9.90 Å². The molecule has 0 spiro atoms. The number of nitrogens with zero attached hydrogens (tertiary/aromatic N) is 3. The molecule has 3 aromatic rings. The number of aromatic carboxylic acids is 1. The van der Waals surface area contributed by atoms with E-state index in [-0.39, 0.29) is 5.56 Å². The summed E-state index contributed by atoms with van der Waals surface area (Å²) in [6.07, 6.45) is 3.32. The van der Waals surface area contributed by atoms with Crippen LogP contribution in [0.1, 0.15) is 15.9 Å². The van der Waals surface area contributed by atoms with Gasteiger partial charge in [-0.1, -0.05) is 36.0 Å². The lowest BCUT2D eigenvalue weighted by Gasteiger charge is -2.03. The second-order valence-corrected chi connectivity index (χ2v) is 5.31. The topological polar surface area (TPSA) is 91.9 Å². The Morgan fingerprint density at radius 1 is 1.09 bits per heavy atom. The van der Waals surface area contributed by atoms with Crippen LogP contribution in [0.4, 0.5) is 0 Å². The van der Waals surface area contributed by atoms with E-state index in [4.69, 9.17) is 4.42 Å². The van der Waals surface area contributed by atoms with Gasteiger partial charge >= 0.3 is 0 Å². The zero-order chi connectivity index (χ0) is 15.4. The molecule has 0 atom stereocenters. The summed E-state index contributed by atoms with van der Waals surface area (Å²) in [6, 6.07) is 10.1. The van der Waals surface area contributed by atoms with E-state index in [0.29, 0.717) is 16.9 Å². The number of rotatable bonds is 5. The normalized spacial score (nSPS) is 10.5. The van der Waals surface area contributed by atoms with E-state index in [1.807, 2.05) is 0 Å². The van der Waals surface area contributed by atoms with Crippen molar-refractivity contribution in [2.24, 2.45) is 0 Å². The average Bonchev–Trinajstić information content (AvgIpc) is 3.03. The molecular weight excluding hydrogens is 302 g/mol. The Bertz CT molecular complexity index is 772. The van der Waals surface area contributed by atoms with Crippen molar-refractivity contribution >= 4 is 17.7 Å². The van der Waals surface area contributed by atoms with Crippen molar-refractivity contribution in [2.75, 3.05) is 0 Å². The van der Waals surface area contributed by atoms with Gasteiger partial charge in [0.1, 0.15) is 0 Å². The van der Waals surface area contributed by atoms with Crippen molar-refractivity contribution in [3.8, 4) is 11.5 Å². The van der Waals surface area contributed by atoms with Crippen LogP contribution in [0.5, 0.6) is 0 Å². The van der Waals surface area contributed by atoms with Crippen molar-refractivity contribution in [3.63, 3.8) is 0 Å². The van der Waals surface area contributed by atoms with Crippen LogP contribution in [0.25, 0.3) is 11.5 Å². The first-order chi connectivity index (χ1) is 10.7. The summed E-state index contributed by atoms with van der Waals surface area (Å²) in [7, 11) is 0. The van der Waals surface area contributed by atoms with Gasteiger partial charge in [0.15, 0.2) is 0 Å². The van der Waals surface area contributed by atoms with Crippen LogP contribution in [-0.4, -0.2) is 21.2 Å². The first-order valence-electron chi connectivity index (χ1n) is 6.39. The van der Waals surface area contributed by atoms with Gasteiger partial charge in [-0.2, -0.15) is 0 Å². The standard InChI is InChI=1S/C15H11N3O3S/c19-14(20)12-3-1-10(2-4-12)9-22-15-18-17-13(21-15)11-5-7-16-8-6-11/h1-8H,9H2,(H,19,20)/p-1. The van der Waals surface area contributed by atoms with Crippen LogP contribution in [-0.2, 0) is 5.75 Å². The number of hydrogen-bond donors (Lipinski definition) is 0. The molecule has 0 saturated heterocycles. The zero-order valence-corrected chi connectivity index (χ0v) is 12.1. The Labute approximate surface area is 130 Å². The molecule has 22 heavy (non-hydrogen) atoms. The molecule has 7 heteroatoms. The molecule has 0 saturated carbocycles. The molecule has 2 aromatic heterocycles. The maximum absolute atomic E-state index is 10.7. The van der Waals surface area contributed by atoms with E-state index < -0.39 is 5.97 Å². The van der Waals surface area contributed by atoms with Gasteiger partial charge in [-0.05, 0) is 23.3 Å². The summed E-state index contributed by atoms with van der Waals surface area (Å²) in [4.78, 5) is 14.6. The van der Waals surface area contributed by atoms with E-state index in [1.165, 1.54) is 23.9 Å². The summed E-state index contributed by atoms with van der Waals surface area (Å²) in [5.41, 5.74) is 1.93. The van der Waals surface area contributed by atoms with Crippen molar-refractivity contribution < 1.29 is 14.3 Å². The lowest BCUT2D eigenvalue weighted by molar-refractivity contribution is -0.255. The van der Waals surface area contributed by atoms with Gasteiger partial charge in [0, 0.05) is 23.7 Å². The van der Waals surface area contributed by atoms with Gasteiger partial charge in [0.25, 0.3) is 5.22 Å². The highest BCUT2D eigenvalue weighted by Gasteiger charge is 2.09. The summed E-state index contributed by atoms with van der Waals surface area (Å²) in [6.45, 7) is 0. The second kappa shape index (κ2) is 6.40. The van der Waals surface area contributed by atoms with E-state index in [1.54, 1.807) is 36.7 Å². The fraction of sp³-hybridized carbons (Fsp3) is 0.0667. The number of carbonyl (C=O) groups is 1. The van der Waals surface area contributed by atoms with E-state index in [0.717, 1.165) is 11.1 Å². The third kappa shape index (κ3) is 3.32. The predicted octanol–water partition coefficient (Wildman–Crippen LogP) is 1.79. The maximum atomic E-state index is 10.7. The average molecular weight is 312 g/mol. The Morgan fingerprint density at radius 3 is 2.50 bits per heavy atom. The highest BCUT2D eigenvalue weighted by molar-refractivity contribution is 7.98. The Kier molecular flexibility index (Phi) is 4.15. The zero-order valence-electron chi connectivity index (χ0n) is 11.3. The molecule has 3 rings (SSSR count). The van der Waals surface area contributed by atoms with Crippen LogP contribution in [0.3, 0.4) is 0 Å². The van der Waals surface area contributed by atoms with Gasteiger partial charge < -0.3 is 14.3 Å². The molecule has 0 bridgehead atoms. The highest BCUT2D eigenvalue weighted by Crippen LogP contribution is 2.25.